The van der Waals surface area contributed by atoms with Crippen molar-refractivity contribution in [2.45, 2.75) is 36.8 Å². The normalized spacial score (nSPS) is 29.9. The molecule has 0 radical (unpaired) electrons. The van der Waals surface area contributed by atoms with Gasteiger partial charge in [-0.05, 0) is 12.1 Å². The Morgan fingerprint density at radius 2 is 1.62 bits per heavy atom. The number of aliphatic hydroxyl groups excluding tert-OH is 2. The minimum atomic E-state index is -2.39. The largest absolute Gasteiger partial charge is 0.504 e. The molecule has 10 nitrogen and oxygen atoms in total. The number of aliphatic hydroxyl groups is 3. The number of hydrogen-bond acceptors (Lipinski definition) is 9. The highest BCUT2D eigenvalue weighted by Gasteiger charge is 2.50. The van der Waals surface area contributed by atoms with E-state index in [9.17, 15) is 40.2 Å². The smallest absolute Gasteiger partial charge is 0.338 e. The molecule has 1 aliphatic carbocycles. The third-order valence-electron chi connectivity index (χ3n) is 3.82. The number of carboxylic acid groups (broad SMARTS) is 1. The van der Waals surface area contributed by atoms with Gasteiger partial charge in [0, 0.05) is 12.8 Å². The van der Waals surface area contributed by atoms with Gasteiger partial charge in [0.25, 0.3) is 0 Å². The number of ether oxygens (including phenoxy) is 1. The van der Waals surface area contributed by atoms with Gasteiger partial charge < -0.3 is 40.5 Å². The van der Waals surface area contributed by atoms with Crippen molar-refractivity contribution < 1.29 is 50.1 Å². The number of carbonyl (C=O) groups excluding carboxylic acids is 1. The molecule has 1 aliphatic rings. The molecule has 1 saturated carbocycles. The predicted molar refractivity (Wildman–Crippen MR) is 74.5 cm³/mol. The van der Waals surface area contributed by atoms with Crippen molar-refractivity contribution in [3.63, 3.8) is 0 Å². The van der Waals surface area contributed by atoms with Gasteiger partial charge in [-0.15, -0.1) is 0 Å². The zero-order valence-corrected chi connectivity index (χ0v) is 12.2. The van der Waals surface area contributed by atoms with Crippen molar-refractivity contribution >= 4 is 11.9 Å². The van der Waals surface area contributed by atoms with E-state index < -0.39 is 71.5 Å². The molecule has 1 aromatic carbocycles. The summed E-state index contributed by atoms with van der Waals surface area (Å²) in [7, 11) is 0. The van der Waals surface area contributed by atoms with Gasteiger partial charge in [-0.2, -0.15) is 0 Å². The molecule has 7 N–H and O–H groups in total. The van der Waals surface area contributed by atoms with Crippen LogP contribution in [0.2, 0.25) is 0 Å². The summed E-state index contributed by atoms with van der Waals surface area (Å²) in [6.07, 6.45) is -6.12. The maximum atomic E-state index is 12.0. The minimum absolute atomic E-state index is 0.395. The highest BCUT2D eigenvalue weighted by atomic mass is 16.6. The van der Waals surface area contributed by atoms with E-state index in [1.807, 2.05) is 0 Å². The maximum absolute atomic E-state index is 12.0. The summed E-state index contributed by atoms with van der Waals surface area (Å²) in [4.78, 5) is 23.1. The van der Waals surface area contributed by atoms with Crippen molar-refractivity contribution in [3.05, 3.63) is 17.7 Å². The van der Waals surface area contributed by atoms with Crippen molar-refractivity contribution in [2.75, 3.05) is 0 Å². The number of esters is 1. The zero-order chi connectivity index (χ0) is 18.2. The summed E-state index contributed by atoms with van der Waals surface area (Å²) in [6.45, 7) is 0. The van der Waals surface area contributed by atoms with E-state index in [0.717, 1.165) is 12.1 Å². The van der Waals surface area contributed by atoms with Crippen molar-refractivity contribution in [1.29, 1.82) is 0 Å². The number of carbonyl (C=O) groups is 2. The number of phenolic OH excluding ortho intramolecular Hbond substituents is 3. The van der Waals surface area contributed by atoms with Crippen LogP contribution in [0.15, 0.2) is 12.1 Å². The van der Waals surface area contributed by atoms with Gasteiger partial charge in [0.05, 0.1) is 11.7 Å². The fraction of sp³-hybridized carbons (Fsp3) is 0.429. The van der Waals surface area contributed by atoms with Crippen LogP contribution in [0.5, 0.6) is 17.2 Å². The molecular weight excluding hydrogens is 328 g/mol. The van der Waals surface area contributed by atoms with E-state index in [1.54, 1.807) is 0 Å². The van der Waals surface area contributed by atoms with Crippen molar-refractivity contribution in [3.8, 4) is 17.2 Å². The molecule has 0 bridgehead atoms. The number of hydrogen-bond donors (Lipinski definition) is 7. The lowest BCUT2D eigenvalue weighted by molar-refractivity contribution is -0.187. The first-order valence-electron chi connectivity index (χ1n) is 6.83. The Kier molecular flexibility index (Phi) is 4.56. The summed E-state index contributed by atoms with van der Waals surface area (Å²) in [5, 5.41) is 66.4. The number of aromatic hydroxyl groups is 3. The maximum Gasteiger partial charge on any atom is 0.338 e. The van der Waals surface area contributed by atoms with Crippen LogP contribution in [0.25, 0.3) is 0 Å². The van der Waals surface area contributed by atoms with Gasteiger partial charge in [-0.25, -0.2) is 9.59 Å². The second-order valence-corrected chi connectivity index (χ2v) is 5.61. The molecule has 0 aliphatic heterocycles. The molecule has 0 unspecified atom stereocenters. The predicted octanol–water partition coefficient (Wildman–Crippen LogP) is -1.34. The Morgan fingerprint density at radius 1 is 1.08 bits per heavy atom. The van der Waals surface area contributed by atoms with Crippen LogP contribution in [0.4, 0.5) is 0 Å². The lowest BCUT2D eigenvalue weighted by Crippen LogP contribution is -2.57. The highest BCUT2D eigenvalue weighted by Crippen LogP contribution is 2.36. The fourth-order valence-corrected chi connectivity index (χ4v) is 2.46. The first kappa shape index (κ1) is 17.8. The standard InChI is InChI=1S/C14H16O10/c15-6-1-5(2-7(16)10(6)18)12(20)24-9-4-14(23,13(21)22)3-8(17)11(9)19/h1-2,8-9,11,15-19,23H,3-4H2,(H,21,22)/t8-,9-,11-,14+/m0/s1. The summed E-state index contributed by atoms with van der Waals surface area (Å²) in [6, 6.07) is 1.57. The molecule has 0 amide bonds. The molecule has 0 spiro atoms. The topological polar surface area (TPSA) is 185 Å². The summed E-state index contributed by atoms with van der Waals surface area (Å²) in [5.74, 6) is -5.26. The van der Waals surface area contributed by atoms with Crippen molar-refractivity contribution in [2.24, 2.45) is 0 Å². The lowest BCUT2D eigenvalue weighted by atomic mass is 9.79. The Labute approximate surface area is 134 Å². The first-order valence-corrected chi connectivity index (χ1v) is 6.83. The van der Waals surface area contributed by atoms with E-state index in [1.165, 1.54) is 0 Å². The molecule has 2 rings (SSSR count). The van der Waals surface area contributed by atoms with Crippen LogP contribution in [0.1, 0.15) is 23.2 Å². The molecule has 24 heavy (non-hydrogen) atoms. The van der Waals surface area contributed by atoms with Crippen LogP contribution in [0.3, 0.4) is 0 Å². The average molecular weight is 344 g/mol. The minimum Gasteiger partial charge on any atom is -0.504 e. The monoisotopic (exact) mass is 344 g/mol. The van der Waals surface area contributed by atoms with E-state index >= 15 is 0 Å². The molecule has 4 atom stereocenters. The number of carboxylic acids is 1. The van der Waals surface area contributed by atoms with Gasteiger partial charge in [0.2, 0.25) is 0 Å². The molecular formula is C14H16O10. The number of benzene rings is 1. The molecule has 10 heteroatoms. The quantitative estimate of drug-likeness (QED) is 0.256. The molecule has 0 saturated heterocycles. The molecule has 132 valence electrons. The van der Waals surface area contributed by atoms with E-state index in [0.29, 0.717) is 0 Å². The Hall–Kier alpha value is -2.56. The summed E-state index contributed by atoms with van der Waals surface area (Å²) >= 11 is 0. The zero-order valence-electron chi connectivity index (χ0n) is 12.2. The van der Waals surface area contributed by atoms with Gasteiger partial charge >= 0.3 is 11.9 Å². The Morgan fingerprint density at radius 3 is 2.12 bits per heavy atom. The van der Waals surface area contributed by atoms with Gasteiger partial charge in [0.15, 0.2) is 22.8 Å². The summed E-state index contributed by atoms with van der Waals surface area (Å²) < 4.78 is 4.88. The van der Waals surface area contributed by atoms with Gasteiger partial charge in [-0.3, -0.25) is 0 Å². The third-order valence-corrected chi connectivity index (χ3v) is 3.82. The molecule has 0 aromatic heterocycles. The van der Waals surface area contributed by atoms with Gasteiger partial charge in [0.1, 0.15) is 12.2 Å². The number of rotatable bonds is 3. The van der Waals surface area contributed by atoms with E-state index in [-0.39, 0.29) is 0 Å². The SMILES string of the molecule is O=C(O[C@H]1C[C@@](O)(C(=O)O)C[C@H](O)[C@@H]1O)c1cc(O)c(O)c(O)c1. The molecule has 1 aromatic rings. The second kappa shape index (κ2) is 6.15. The molecule has 1 fully saturated rings. The Balaban J connectivity index is 2.22. The van der Waals surface area contributed by atoms with E-state index in [4.69, 9.17) is 9.84 Å². The number of aliphatic carboxylic acids is 1. The van der Waals surface area contributed by atoms with Crippen LogP contribution >= 0.6 is 0 Å². The lowest BCUT2D eigenvalue weighted by Gasteiger charge is -2.39. The third kappa shape index (κ3) is 3.20. The fourth-order valence-electron chi connectivity index (χ4n) is 2.46. The number of phenols is 3. The van der Waals surface area contributed by atoms with Crippen LogP contribution in [0, 0.1) is 0 Å². The highest BCUT2D eigenvalue weighted by molar-refractivity contribution is 5.91. The first-order chi connectivity index (χ1) is 11.0. The van der Waals surface area contributed by atoms with Crippen LogP contribution in [-0.4, -0.2) is 71.6 Å². The van der Waals surface area contributed by atoms with E-state index in [2.05, 4.69) is 0 Å². The van der Waals surface area contributed by atoms with Crippen molar-refractivity contribution in [1.82, 2.24) is 0 Å². The summed E-state index contributed by atoms with van der Waals surface area (Å²) in [5.41, 5.74) is -2.78. The average Bonchev–Trinajstić information content (AvgIpc) is 2.49. The molecule has 0 heterocycles. The Bertz CT molecular complexity index is 649. The van der Waals surface area contributed by atoms with Gasteiger partial charge in [-0.1, -0.05) is 0 Å². The second-order valence-electron chi connectivity index (χ2n) is 5.61. The van der Waals surface area contributed by atoms with Crippen LogP contribution in [-0.2, 0) is 9.53 Å². The van der Waals surface area contributed by atoms with Crippen LogP contribution < -0.4 is 0 Å².